The van der Waals surface area contributed by atoms with E-state index in [1.54, 1.807) is 30.5 Å². The highest BCUT2D eigenvalue weighted by atomic mass is 19.1. The fourth-order valence-corrected chi connectivity index (χ4v) is 2.68. The van der Waals surface area contributed by atoms with Gasteiger partial charge in [-0.15, -0.1) is 0 Å². The van der Waals surface area contributed by atoms with Crippen molar-refractivity contribution < 1.29 is 18.8 Å². The van der Waals surface area contributed by atoms with Crippen LogP contribution in [-0.2, 0) is 14.4 Å². The highest BCUT2D eigenvalue weighted by Crippen LogP contribution is 2.20. The molecule has 0 spiro atoms. The van der Waals surface area contributed by atoms with Crippen LogP contribution in [0.2, 0.25) is 0 Å². The van der Waals surface area contributed by atoms with E-state index < -0.39 is 17.6 Å². The topological polar surface area (TPSA) is 91.4 Å². The molecule has 0 aliphatic carbocycles. The smallest absolute Gasteiger partial charge is 0.240 e. The summed E-state index contributed by atoms with van der Waals surface area (Å²) < 4.78 is 14.3. The summed E-state index contributed by atoms with van der Waals surface area (Å²) in [5.41, 5.74) is 0.00615. The number of carbonyl (C=O) groups excluding carboxylic acids is 3. The molecule has 0 fully saturated rings. The average molecular weight is 414 g/mol. The van der Waals surface area contributed by atoms with Gasteiger partial charge in [0.05, 0.1) is 5.69 Å². The van der Waals surface area contributed by atoms with Gasteiger partial charge >= 0.3 is 0 Å². The molecule has 0 bridgehead atoms. The molecule has 0 aliphatic heterocycles. The molecule has 0 aliphatic rings. The van der Waals surface area contributed by atoms with Crippen LogP contribution in [0.25, 0.3) is 0 Å². The summed E-state index contributed by atoms with van der Waals surface area (Å²) in [5.74, 6) is -1.10. The van der Waals surface area contributed by atoms with E-state index in [-0.39, 0.29) is 31.0 Å². The lowest BCUT2D eigenvalue weighted by molar-refractivity contribution is -0.125. The summed E-state index contributed by atoms with van der Waals surface area (Å²) in [6.07, 6.45) is 2.05. The number of anilines is 2. The second kappa shape index (κ2) is 11.6. The Hall–Kier alpha value is -3.29. The van der Waals surface area contributed by atoms with E-state index in [9.17, 15) is 18.8 Å². The Morgan fingerprint density at radius 3 is 2.43 bits per heavy atom. The van der Waals surface area contributed by atoms with Crippen molar-refractivity contribution in [2.45, 2.75) is 33.1 Å². The molecule has 0 saturated heterocycles. The Kier molecular flexibility index (Phi) is 8.93. The molecule has 0 unspecified atom stereocenters. The predicted molar refractivity (Wildman–Crippen MR) is 113 cm³/mol. The number of hydrogen-bond donors (Lipinski definition) is 2. The molecule has 2 aromatic rings. The number of benzene rings is 1. The first-order valence-corrected chi connectivity index (χ1v) is 9.89. The summed E-state index contributed by atoms with van der Waals surface area (Å²) >= 11 is 0. The number of pyridine rings is 1. The second-order valence-electron chi connectivity index (χ2n) is 7.23. The van der Waals surface area contributed by atoms with E-state index in [1.165, 1.54) is 18.2 Å². The standard InChI is InChI=1S/C22H27FN4O3/c1-16(2)12-14-25-21(29)15-27(18-8-4-3-7-17(18)23)22(30)11-10-20(28)26-19-9-5-6-13-24-19/h3-9,13,16H,10-12,14-15H2,1-2H3,(H,25,29)(H,24,26,28). The van der Waals surface area contributed by atoms with Gasteiger partial charge in [0.2, 0.25) is 17.7 Å². The number of rotatable bonds is 10. The molecule has 1 aromatic heterocycles. The van der Waals surface area contributed by atoms with Crippen molar-refractivity contribution in [1.82, 2.24) is 10.3 Å². The maximum Gasteiger partial charge on any atom is 0.240 e. The molecule has 8 heteroatoms. The van der Waals surface area contributed by atoms with Gasteiger partial charge in [-0.05, 0) is 36.6 Å². The summed E-state index contributed by atoms with van der Waals surface area (Å²) in [4.78, 5) is 42.2. The molecule has 2 rings (SSSR count). The van der Waals surface area contributed by atoms with Crippen LogP contribution in [0.15, 0.2) is 48.7 Å². The monoisotopic (exact) mass is 414 g/mol. The van der Waals surface area contributed by atoms with Crippen LogP contribution in [-0.4, -0.2) is 35.8 Å². The van der Waals surface area contributed by atoms with Gasteiger partial charge in [0.1, 0.15) is 18.2 Å². The molecular formula is C22H27FN4O3. The van der Waals surface area contributed by atoms with Crippen molar-refractivity contribution in [1.29, 1.82) is 0 Å². The molecular weight excluding hydrogens is 387 g/mol. The SMILES string of the molecule is CC(C)CCNC(=O)CN(C(=O)CCC(=O)Nc1ccccn1)c1ccccc1F. The largest absolute Gasteiger partial charge is 0.355 e. The molecule has 30 heavy (non-hydrogen) atoms. The van der Waals surface area contributed by atoms with Crippen molar-refractivity contribution in [3.8, 4) is 0 Å². The number of hydrogen-bond acceptors (Lipinski definition) is 4. The van der Waals surface area contributed by atoms with Crippen molar-refractivity contribution in [2.75, 3.05) is 23.3 Å². The first-order valence-electron chi connectivity index (χ1n) is 9.89. The van der Waals surface area contributed by atoms with Crippen LogP contribution in [0.5, 0.6) is 0 Å². The zero-order valence-corrected chi connectivity index (χ0v) is 17.2. The van der Waals surface area contributed by atoms with Crippen LogP contribution in [0.3, 0.4) is 0 Å². The average Bonchev–Trinajstić information content (AvgIpc) is 2.71. The fraction of sp³-hybridized carbons (Fsp3) is 0.364. The second-order valence-corrected chi connectivity index (χ2v) is 7.23. The van der Waals surface area contributed by atoms with Gasteiger partial charge in [-0.1, -0.05) is 32.0 Å². The van der Waals surface area contributed by atoms with Gasteiger partial charge in [0, 0.05) is 25.6 Å². The Morgan fingerprint density at radius 1 is 1.03 bits per heavy atom. The van der Waals surface area contributed by atoms with E-state index in [2.05, 4.69) is 15.6 Å². The van der Waals surface area contributed by atoms with Gasteiger partial charge < -0.3 is 15.5 Å². The lowest BCUT2D eigenvalue weighted by Crippen LogP contribution is -2.42. The van der Waals surface area contributed by atoms with Crippen LogP contribution in [0, 0.1) is 11.7 Å². The zero-order chi connectivity index (χ0) is 21.9. The van der Waals surface area contributed by atoms with E-state index in [0.29, 0.717) is 18.3 Å². The predicted octanol–water partition coefficient (Wildman–Crippen LogP) is 3.13. The Labute approximate surface area is 175 Å². The van der Waals surface area contributed by atoms with Crippen molar-refractivity contribution in [3.63, 3.8) is 0 Å². The minimum absolute atomic E-state index is 0.00615. The molecule has 7 nitrogen and oxygen atoms in total. The Bertz CT molecular complexity index is 858. The molecule has 0 radical (unpaired) electrons. The minimum atomic E-state index is -0.612. The van der Waals surface area contributed by atoms with E-state index in [4.69, 9.17) is 0 Å². The first-order chi connectivity index (χ1) is 14.4. The number of para-hydroxylation sites is 1. The normalized spacial score (nSPS) is 10.5. The molecule has 2 N–H and O–H groups in total. The minimum Gasteiger partial charge on any atom is -0.355 e. The maximum atomic E-state index is 14.3. The highest BCUT2D eigenvalue weighted by molar-refractivity contribution is 6.01. The molecule has 0 saturated carbocycles. The van der Waals surface area contributed by atoms with Gasteiger partial charge in [-0.25, -0.2) is 9.37 Å². The van der Waals surface area contributed by atoms with Gasteiger partial charge in [0.25, 0.3) is 0 Å². The molecule has 1 heterocycles. The number of carbonyl (C=O) groups is 3. The van der Waals surface area contributed by atoms with Crippen LogP contribution in [0.1, 0.15) is 33.1 Å². The van der Waals surface area contributed by atoms with Crippen molar-refractivity contribution in [3.05, 3.63) is 54.5 Å². The van der Waals surface area contributed by atoms with Gasteiger partial charge in [-0.3, -0.25) is 14.4 Å². The van der Waals surface area contributed by atoms with Gasteiger partial charge in [-0.2, -0.15) is 0 Å². The van der Waals surface area contributed by atoms with E-state index in [1.807, 2.05) is 13.8 Å². The number of amides is 3. The summed E-state index contributed by atoms with van der Waals surface area (Å²) in [5, 5.41) is 5.34. The molecule has 160 valence electrons. The first kappa shape index (κ1) is 23.0. The number of nitrogens with zero attached hydrogens (tertiary/aromatic N) is 2. The van der Waals surface area contributed by atoms with Gasteiger partial charge in [0.15, 0.2) is 0 Å². The van der Waals surface area contributed by atoms with Crippen molar-refractivity contribution >= 4 is 29.2 Å². The molecule has 3 amide bonds. The molecule has 0 atom stereocenters. The number of nitrogens with one attached hydrogen (secondary N) is 2. The molecule has 1 aromatic carbocycles. The Morgan fingerprint density at radius 2 is 1.77 bits per heavy atom. The zero-order valence-electron chi connectivity index (χ0n) is 17.2. The third-order valence-electron chi connectivity index (χ3n) is 4.29. The lowest BCUT2D eigenvalue weighted by Gasteiger charge is -2.23. The van der Waals surface area contributed by atoms with Crippen LogP contribution < -0.4 is 15.5 Å². The van der Waals surface area contributed by atoms with Crippen LogP contribution >= 0.6 is 0 Å². The summed E-state index contributed by atoms with van der Waals surface area (Å²) in [6, 6.07) is 10.8. The summed E-state index contributed by atoms with van der Waals surface area (Å²) in [7, 11) is 0. The maximum absolute atomic E-state index is 14.3. The highest BCUT2D eigenvalue weighted by Gasteiger charge is 2.22. The van der Waals surface area contributed by atoms with E-state index in [0.717, 1.165) is 11.3 Å². The van der Waals surface area contributed by atoms with Crippen molar-refractivity contribution in [2.24, 2.45) is 5.92 Å². The third kappa shape index (κ3) is 7.62. The fourth-order valence-electron chi connectivity index (χ4n) is 2.68. The lowest BCUT2D eigenvalue weighted by atomic mass is 10.1. The Balaban J connectivity index is 2.00. The summed E-state index contributed by atoms with van der Waals surface area (Å²) in [6.45, 7) is 4.23. The number of halogens is 1. The third-order valence-corrected chi connectivity index (χ3v) is 4.29. The van der Waals surface area contributed by atoms with E-state index >= 15 is 0 Å². The number of aromatic nitrogens is 1. The quantitative estimate of drug-likeness (QED) is 0.625. The van der Waals surface area contributed by atoms with Crippen LogP contribution in [0.4, 0.5) is 15.9 Å².